The molecule has 0 fully saturated rings. The van der Waals surface area contributed by atoms with Crippen molar-refractivity contribution in [3.8, 4) is 0 Å². The van der Waals surface area contributed by atoms with Gasteiger partial charge in [-0.05, 0) is 46.1 Å². The van der Waals surface area contributed by atoms with Gasteiger partial charge in [0.15, 0.2) is 0 Å². The smallest absolute Gasteiger partial charge is 0.244 e. The fourth-order valence-electron chi connectivity index (χ4n) is 2.05. The lowest BCUT2D eigenvalue weighted by atomic mass is 10.3. The second-order valence-electron chi connectivity index (χ2n) is 4.62. The van der Waals surface area contributed by atoms with Gasteiger partial charge in [-0.2, -0.15) is 16.9 Å². The Bertz CT molecular complexity index is 523. The van der Waals surface area contributed by atoms with Gasteiger partial charge in [-0.15, -0.1) is 0 Å². The molecule has 19 heavy (non-hydrogen) atoms. The Labute approximate surface area is 120 Å². The summed E-state index contributed by atoms with van der Waals surface area (Å²) in [5.41, 5.74) is 1.26. The molecule has 1 aromatic heterocycles. The summed E-state index contributed by atoms with van der Waals surface area (Å²) < 4.78 is 29.3. The number of sulfonamides is 1. The third-order valence-electron chi connectivity index (χ3n) is 2.99. The molecule has 0 aliphatic heterocycles. The first-order valence-corrected chi connectivity index (χ1v) is 9.26. The van der Waals surface area contributed by atoms with E-state index in [1.165, 1.54) is 0 Å². The predicted octanol–water partition coefficient (Wildman–Crippen LogP) is 1.94. The highest BCUT2D eigenvalue weighted by Gasteiger charge is 2.25. The van der Waals surface area contributed by atoms with Gasteiger partial charge in [-0.1, -0.05) is 0 Å². The molecule has 7 heteroatoms. The van der Waals surface area contributed by atoms with E-state index in [0.717, 1.165) is 12.2 Å². The van der Waals surface area contributed by atoms with Crippen LogP contribution in [0.4, 0.5) is 0 Å². The van der Waals surface area contributed by atoms with Crippen molar-refractivity contribution < 1.29 is 8.42 Å². The number of rotatable bonds is 7. The van der Waals surface area contributed by atoms with Crippen LogP contribution >= 0.6 is 11.8 Å². The summed E-state index contributed by atoms with van der Waals surface area (Å²) in [7, 11) is -3.48. The van der Waals surface area contributed by atoms with Crippen LogP contribution < -0.4 is 4.72 Å². The Balaban J connectivity index is 2.98. The van der Waals surface area contributed by atoms with E-state index in [1.54, 1.807) is 30.3 Å². The van der Waals surface area contributed by atoms with Crippen LogP contribution in [0.5, 0.6) is 0 Å². The van der Waals surface area contributed by atoms with E-state index in [-0.39, 0.29) is 6.04 Å². The normalized spacial score (nSPS) is 13.7. The minimum atomic E-state index is -3.48. The van der Waals surface area contributed by atoms with Crippen molar-refractivity contribution in [2.75, 3.05) is 12.0 Å². The van der Waals surface area contributed by atoms with E-state index in [9.17, 15) is 8.42 Å². The van der Waals surface area contributed by atoms with Gasteiger partial charge in [0.05, 0.1) is 11.4 Å². The standard InChI is InChI=1S/C12H23N3O2S2/c1-6-15-11(4)12(10(3)13-15)19(16,17)14-9(2)7-8-18-5/h9,14H,6-8H2,1-5H3/t9-/m0/s1. The van der Waals surface area contributed by atoms with Crippen molar-refractivity contribution in [1.29, 1.82) is 0 Å². The topological polar surface area (TPSA) is 64.0 Å². The van der Waals surface area contributed by atoms with E-state index < -0.39 is 10.0 Å². The molecule has 0 amide bonds. The average molecular weight is 305 g/mol. The monoisotopic (exact) mass is 305 g/mol. The third-order valence-corrected chi connectivity index (χ3v) is 5.48. The number of hydrogen-bond acceptors (Lipinski definition) is 4. The maximum Gasteiger partial charge on any atom is 0.244 e. The summed E-state index contributed by atoms with van der Waals surface area (Å²) in [4.78, 5) is 0.324. The molecule has 0 unspecified atom stereocenters. The zero-order valence-electron chi connectivity index (χ0n) is 12.2. The number of nitrogens with one attached hydrogen (secondary N) is 1. The summed E-state index contributed by atoms with van der Waals surface area (Å²) in [6, 6.07) is -0.0683. The highest BCUT2D eigenvalue weighted by atomic mass is 32.2. The molecule has 1 N–H and O–H groups in total. The van der Waals surface area contributed by atoms with Crippen molar-refractivity contribution in [3.05, 3.63) is 11.4 Å². The quantitative estimate of drug-likeness (QED) is 0.836. The Morgan fingerprint density at radius 2 is 2.05 bits per heavy atom. The van der Waals surface area contributed by atoms with Crippen molar-refractivity contribution in [3.63, 3.8) is 0 Å². The van der Waals surface area contributed by atoms with E-state index in [2.05, 4.69) is 9.82 Å². The molecule has 0 saturated carbocycles. The van der Waals surface area contributed by atoms with Gasteiger partial charge in [-0.3, -0.25) is 4.68 Å². The lowest BCUT2D eigenvalue weighted by Crippen LogP contribution is -2.33. The number of hydrogen-bond donors (Lipinski definition) is 1. The Kier molecular flexibility index (Phi) is 5.88. The molecule has 0 aliphatic carbocycles. The lowest BCUT2D eigenvalue weighted by molar-refractivity contribution is 0.555. The van der Waals surface area contributed by atoms with E-state index in [1.807, 2.05) is 20.1 Å². The summed E-state index contributed by atoms with van der Waals surface area (Å²) in [5, 5.41) is 4.26. The molecule has 0 aromatic carbocycles. The third kappa shape index (κ3) is 3.97. The molecule has 1 heterocycles. The minimum Gasteiger partial charge on any atom is -0.268 e. The average Bonchev–Trinajstić information content (AvgIpc) is 2.61. The highest BCUT2D eigenvalue weighted by Crippen LogP contribution is 2.19. The summed E-state index contributed by atoms with van der Waals surface area (Å²) in [6.07, 6.45) is 2.83. The summed E-state index contributed by atoms with van der Waals surface area (Å²) >= 11 is 1.71. The zero-order chi connectivity index (χ0) is 14.6. The molecular formula is C12H23N3O2S2. The zero-order valence-corrected chi connectivity index (χ0v) is 13.9. The minimum absolute atomic E-state index is 0.0683. The fourth-order valence-corrected chi connectivity index (χ4v) is 4.33. The molecule has 0 bridgehead atoms. The Hall–Kier alpha value is -0.530. The van der Waals surface area contributed by atoms with Gasteiger partial charge in [0.25, 0.3) is 0 Å². The van der Waals surface area contributed by atoms with Gasteiger partial charge in [0.1, 0.15) is 4.90 Å². The maximum absolute atomic E-state index is 12.4. The van der Waals surface area contributed by atoms with Crippen LogP contribution in [-0.4, -0.2) is 36.2 Å². The van der Waals surface area contributed by atoms with Crippen molar-refractivity contribution in [2.45, 2.75) is 51.6 Å². The van der Waals surface area contributed by atoms with Gasteiger partial charge in [-0.25, -0.2) is 13.1 Å². The molecule has 1 atom stereocenters. The number of thioether (sulfide) groups is 1. The Morgan fingerprint density at radius 3 is 2.53 bits per heavy atom. The number of aryl methyl sites for hydroxylation is 2. The van der Waals surface area contributed by atoms with Crippen LogP contribution in [0.2, 0.25) is 0 Å². The second kappa shape index (κ2) is 6.76. The molecule has 0 spiro atoms. The summed E-state index contributed by atoms with van der Waals surface area (Å²) in [5.74, 6) is 0.940. The van der Waals surface area contributed by atoms with E-state index in [0.29, 0.717) is 22.8 Å². The number of nitrogens with zero attached hydrogens (tertiary/aromatic N) is 2. The van der Waals surface area contributed by atoms with Crippen LogP contribution in [0.25, 0.3) is 0 Å². The SMILES string of the molecule is CCn1nc(C)c(S(=O)(=O)N[C@@H](C)CCSC)c1C. The predicted molar refractivity (Wildman–Crippen MR) is 80.2 cm³/mol. The first-order valence-electron chi connectivity index (χ1n) is 6.38. The van der Waals surface area contributed by atoms with Gasteiger partial charge in [0.2, 0.25) is 10.0 Å². The molecule has 0 aliphatic rings. The second-order valence-corrected chi connectivity index (χ2v) is 7.26. The van der Waals surface area contributed by atoms with Gasteiger partial charge in [0, 0.05) is 12.6 Å². The van der Waals surface area contributed by atoms with Crippen LogP contribution in [0.1, 0.15) is 31.7 Å². The van der Waals surface area contributed by atoms with Crippen LogP contribution in [0, 0.1) is 13.8 Å². The van der Waals surface area contributed by atoms with E-state index >= 15 is 0 Å². The highest BCUT2D eigenvalue weighted by molar-refractivity contribution is 7.98. The van der Waals surface area contributed by atoms with Crippen LogP contribution in [0.15, 0.2) is 4.90 Å². The van der Waals surface area contributed by atoms with Crippen LogP contribution in [0.3, 0.4) is 0 Å². The molecule has 110 valence electrons. The first-order chi connectivity index (χ1) is 8.83. The fraction of sp³-hybridized carbons (Fsp3) is 0.750. The van der Waals surface area contributed by atoms with E-state index in [4.69, 9.17) is 0 Å². The van der Waals surface area contributed by atoms with Crippen molar-refractivity contribution in [2.24, 2.45) is 0 Å². The maximum atomic E-state index is 12.4. The van der Waals surface area contributed by atoms with Crippen LogP contribution in [-0.2, 0) is 16.6 Å². The molecule has 5 nitrogen and oxygen atoms in total. The number of aromatic nitrogens is 2. The van der Waals surface area contributed by atoms with Gasteiger partial charge < -0.3 is 0 Å². The Morgan fingerprint density at radius 1 is 1.42 bits per heavy atom. The van der Waals surface area contributed by atoms with Crippen molar-refractivity contribution in [1.82, 2.24) is 14.5 Å². The van der Waals surface area contributed by atoms with Crippen molar-refractivity contribution >= 4 is 21.8 Å². The molecule has 1 aromatic rings. The van der Waals surface area contributed by atoms with Gasteiger partial charge >= 0.3 is 0 Å². The lowest BCUT2D eigenvalue weighted by Gasteiger charge is -2.14. The first kappa shape index (κ1) is 16.5. The molecule has 1 rings (SSSR count). The molecule has 0 saturated heterocycles. The largest absolute Gasteiger partial charge is 0.268 e. The molecular weight excluding hydrogens is 282 g/mol. The molecule has 0 radical (unpaired) electrons. The summed E-state index contributed by atoms with van der Waals surface area (Å²) in [6.45, 7) is 8.04.